The van der Waals surface area contributed by atoms with E-state index in [0.29, 0.717) is 6.54 Å². The average Bonchev–Trinajstić information content (AvgIpc) is 2.84. The Morgan fingerprint density at radius 3 is 2.72 bits per heavy atom. The first-order valence-corrected chi connectivity index (χ1v) is 6.54. The van der Waals surface area contributed by atoms with Crippen LogP contribution >= 0.6 is 11.3 Å². The van der Waals surface area contributed by atoms with Gasteiger partial charge in [-0.1, -0.05) is 6.92 Å². The van der Waals surface area contributed by atoms with E-state index in [2.05, 4.69) is 15.6 Å². The monoisotopic (exact) mass is 269 g/mol. The molecule has 0 atom stereocenters. The van der Waals surface area contributed by atoms with Crippen molar-refractivity contribution in [1.29, 1.82) is 0 Å². The molecule has 0 aliphatic carbocycles. The lowest BCUT2D eigenvalue weighted by Gasteiger charge is -2.09. The van der Waals surface area contributed by atoms with Crippen molar-refractivity contribution in [1.82, 2.24) is 4.98 Å². The lowest BCUT2D eigenvalue weighted by atomic mass is 10.3. The maximum atomic E-state index is 13.6. The van der Waals surface area contributed by atoms with Gasteiger partial charge < -0.3 is 10.6 Å². The zero-order valence-corrected chi connectivity index (χ0v) is 10.7. The van der Waals surface area contributed by atoms with Crippen LogP contribution in [0.15, 0.2) is 22.9 Å². The molecule has 0 unspecified atom stereocenters. The highest BCUT2D eigenvalue weighted by molar-refractivity contribution is 7.08. The molecule has 3 nitrogen and oxygen atoms in total. The van der Waals surface area contributed by atoms with Crippen molar-refractivity contribution < 1.29 is 8.78 Å². The summed E-state index contributed by atoms with van der Waals surface area (Å²) in [6.45, 7) is 2.55. The molecule has 2 aromatic rings. The minimum Gasteiger partial charge on any atom is -0.368 e. The molecule has 0 spiro atoms. The van der Waals surface area contributed by atoms with Gasteiger partial charge in [-0.25, -0.2) is 13.8 Å². The number of nitrogens with one attached hydrogen (secondary N) is 2. The normalized spacial score (nSPS) is 10.4. The minimum atomic E-state index is -0.708. The number of anilines is 3. The topological polar surface area (TPSA) is 37.0 Å². The molecule has 0 saturated carbocycles. The summed E-state index contributed by atoms with van der Waals surface area (Å²) < 4.78 is 27.0. The maximum Gasteiger partial charge on any atom is 0.169 e. The third-order valence-electron chi connectivity index (χ3n) is 2.26. The summed E-state index contributed by atoms with van der Waals surface area (Å²) in [5, 5.41) is 9.32. The molecule has 2 N–H and O–H groups in total. The average molecular weight is 269 g/mol. The molecule has 18 heavy (non-hydrogen) atoms. The van der Waals surface area contributed by atoms with Crippen molar-refractivity contribution in [2.24, 2.45) is 0 Å². The highest BCUT2D eigenvalue weighted by Crippen LogP contribution is 2.23. The van der Waals surface area contributed by atoms with E-state index in [1.807, 2.05) is 17.7 Å². The standard InChI is InChI=1S/C12H13F2N3S/c1-2-4-15-11-9(13)6-10(14)12(17-11)16-8-3-5-18-7-8/h3,5-7H,2,4H2,1H3,(H2,15,16,17). The molecule has 0 aromatic carbocycles. The second kappa shape index (κ2) is 5.77. The van der Waals surface area contributed by atoms with Gasteiger partial charge in [0.25, 0.3) is 0 Å². The SMILES string of the molecule is CCCNc1nc(Nc2ccsc2)c(F)cc1F. The van der Waals surface area contributed by atoms with Crippen LogP contribution in [0.4, 0.5) is 26.1 Å². The van der Waals surface area contributed by atoms with Crippen LogP contribution in [0.25, 0.3) is 0 Å². The summed E-state index contributed by atoms with van der Waals surface area (Å²) >= 11 is 1.48. The lowest BCUT2D eigenvalue weighted by molar-refractivity contribution is 0.579. The molecule has 2 rings (SSSR count). The molecule has 0 saturated heterocycles. The molecule has 0 aliphatic heterocycles. The third-order valence-corrected chi connectivity index (χ3v) is 2.94. The summed E-state index contributed by atoms with van der Waals surface area (Å²) in [4.78, 5) is 3.92. The van der Waals surface area contributed by atoms with Crippen molar-refractivity contribution in [3.05, 3.63) is 34.5 Å². The number of hydrogen-bond donors (Lipinski definition) is 2. The molecule has 0 fully saturated rings. The second-order valence-corrected chi connectivity index (χ2v) is 4.49. The van der Waals surface area contributed by atoms with Gasteiger partial charge in [0.1, 0.15) is 0 Å². The van der Waals surface area contributed by atoms with E-state index in [1.54, 1.807) is 6.07 Å². The van der Waals surface area contributed by atoms with Gasteiger partial charge in [0.15, 0.2) is 23.3 Å². The van der Waals surface area contributed by atoms with E-state index in [0.717, 1.165) is 18.2 Å². The van der Waals surface area contributed by atoms with Crippen LogP contribution < -0.4 is 10.6 Å². The fourth-order valence-corrected chi connectivity index (χ4v) is 1.98. The van der Waals surface area contributed by atoms with E-state index >= 15 is 0 Å². The molecule has 96 valence electrons. The van der Waals surface area contributed by atoms with Gasteiger partial charge in [-0.3, -0.25) is 0 Å². The predicted octanol–water partition coefficient (Wildman–Crippen LogP) is 3.99. The number of nitrogens with zero attached hydrogens (tertiary/aromatic N) is 1. The number of halogens is 2. The summed E-state index contributed by atoms with van der Waals surface area (Å²) in [6.07, 6.45) is 0.839. The molecule has 0 radical (unpaired) electrons. The predicted molar refractivity (Wildman–Crippen MR) is 70.5 cm³/mol. The number of rotatable bonds is 5. The fraction of sp³-hybridized carbons (Fsp3) is 0.250. The second-order valence-electron chi connectivity index (χ2n) is 3.71. The smallest absolute Gasteiger partial charge is 0.169 e. The molecule has 6 heteroatoms. The van der Waals surface area contributed by atoms with E-state index in [9.17, 15) is 8.78 Å². The van der Waals surface area contributed by atoms with Crippen molar-refractivity contribution >= 4 is 28.7 Å². The van der Waals surface area contributed by atoms with E-state index in [1.165, 1.54) is 11.3 Å². The molecular formula is C12H13F2N3S. The van der Waals surface area contributed by atoms with Crippen molar-refractivity contribution in [3.8, 4) is 0 Å². The van der Waals surface area contributed by atoms with Gasteiger partial charge in [0, 0.05) is 18.0 Å². The van der Waals surface area contributed by atoms with Crippen LogP contribution in [0.5, 0.6) is 0 Å². The first-order chi connectivity index (χ1) is 8.70. The van der Waals surface area contributed by atoms with Crippen LogP contribution in [-0.4, -0.2) is 11.5 Å². The number of aromatic nitrogens is 1. The molecule has 2 heterocycles. The molecule has 0 bridgehead atoms. The molecule has 0 amide bonds. The highest BCUT2D eigenvalue weighted by atomic mass is 32.1. The fourth-order valence-electron chi connectivity index (χ4n) is 1.39. The Labute approximate surface area is 108 Å². The van der Waals surface area contributed by atoms with Crippen molar-refractivity contribution in [3.63, 3.8) is 0 Å². The van der Waals surface area contributed by atoms with E-state index < -0.39 is 11.6 Å². The Bertz CT molecular complexity index is 514. The summed E-state index contributed by atoms with van der Waals surface area (Å²) in [6, 6.07) is 2.63. The summed E-state index contributed by atoms with van der Waals surface area (Å²) in [5.41, 5.74) is 0.736. The number of pyridine rings is 1. The Kier molecular flexibility index (Phi) is 4.09. The molecular weight excluding hydrogens is 256 g/mol. The Balaban J connectivity index is 2.23. The van der Waals surface area contributed by atoms with Crippen LogP contribution in [0.3, 0.4) is 0 Å². The van der Waals surface area contributed by atoms with Crippen LogP contribution in [0.1, 0.15) is 13.3 Å². The zero-order chi connectivity index (χ0) is 13.0. The van der Waals surface area contributed by atoms with E-state index in [-0.39, 0.29) is 11.6 Å². The maximum absolute atomic E-state index is 13.6. The van der Waals surface area contributed by atoms with Crippen molar-refractivity contribution in [2.75, 3.05) is 17.2 Å². The third kappa shape index (κ3) is 2.95. The van der Waals surface area contributed by atoms with Gasteiger partial charge in [0.05, 0.1) is 5.69 Å². The lowest BCUT2D eigenvalue weighted by Crippen LogP contribution is -2.07. The van der Waals surface area contributed by atoms with Gasteiger partial charge in [0.2, 0.25) is 0 Å². The Morgan fingerprint density at radius 1 is 1.28 bits per heavy atom. The van der Waals surface area contributed by atoms with Gasteiger partial charge in [-0.2, -0.15) is 11.3 Å². The minimum absolute atomic E-state index is 0.0217. The van der Waals surface area contributed by atoms with Crippen LogP contribution in [0, 0.1) is 11.6 Å². The van der Waals surface area contributed by atoms with Crippen LogP contribution in [0.2, 0.25) is 0 Å². The van der Waals surface area contributed by atoms with Gasteiger partial charge in [-0.15, -0.1) is 0 Å². The summed E-state index contributed by atoms with van der Waals surface area (Å²) in [7, 11) is 0. The Hall–Kier alpha value is -1.69. The quantitative estimate of drug-likeness (QED) is 0.861. The number of hydrogen-bond acceptors (Lipinski definition) is 4. The zero-order valence-electron chi connectivity index (χ0n) is 9.84. The largest absolute Gasteiger partial charge is 0.368 e. The van der Waals surface area contributed by atoms with Crippen molar-refractivity contribution in [2.45, 2.75) is 13.3 Å². The summed E-state index contributed by atoms with van der Waals surface area (Å²) in [5.74, 6) is -1.30. The first-order valence-electron chi connectivity index (χ1n) is 5.60. The van der Waals surface area contributed by atoms with E-state index in [4.69, 9.17) is 0 Å². The Morgan fingerprint density at radius 2 is 2.06 bits per heavy atom. The highest BCUT2D eigenvalue weighted by Gasteiger charge is 2.11. The number of thiophene rings is 1. The van der Waals surface area contributed by atoms with Gasteiger partial charge in [-0.05, 0) is 17.9 Å². The van der Waals surface area contributed by atoms with Crippen LogP contribution in [-0.2, 0) is 0 Å². The molecule has 0 aliphatic rings. The van der Waals surface area contributed by atoms with Gasteiger partial charge >= 0.3 is 0 Å². The molecule has 2 aromatic heterocycles. The first kappa shape index (κ1) is 12.8.